The summed E-state index contributed by atoms with van der Waals surface area (Å²) in [5.74, 6) is 0.405. The Bertz CT molecular complexity index is 932. The summed E-state index contributed by atoms with van der Waals surface area (Å²) in [4.78, 5) is 33.0. The summed E-state index contributed by atoms with van der Waals surface area (Å²) in [7, 11) is 0. The number of para-hydroxylation sites is 2. The van der Waals surface area contributed by atoms with Crippen LogP contribution in [0.1, 0.15) is 12.6 Å². The molecule has 134 valence electrons. The number of benzene rings is 1. The molecule has 1 saturated heterocycles. The molecule has 1 unspecified atom stereocenters. The first-order valence-electron chi connectivity index (χ1n) is 8.58. The highest BCUT2D eigenvalue weighted by molar-refractivity contribution is 6.16. The highest BCUT2D eigenvalue weighted by atomic mass is 19.1. The zero-order valence-electron chi connectivity index (χ0n) is 14.7. The van der Waals surface area contributed by atoms with Gasteiger partial charge in [-0.1, -0.05) is 12.1 Å². The van der Waals surface area contributed by atoms with Gasteiger partial charge in [-0.3, -0.25) is 4.79 Å². The van der Waals surface area contributed by atoms with Crippen LogP contribution in [0, 0.1) is 6.92 Å². The van der Waals surface area contributed by atoms with Crippen LogP contribution >= 0.6 is 0 Å². The molecule has 1 aromatic carbocycles. The maximum absolute atomic E-state index is 13.5. The molecule has 0 bridgehead atoms. The molecular weight excluding hydrogens is 335 g/mol. The number of aliphatic imine (C=N–C) groups is 2. The lowest BCUT2D eigenvalue weighted by Crippen LogP contribution is -2.50. The molecule has 0 aliphatic carbocycles. The zero-order valence-corrected chi connectivity index (χ0v) is 14.7. The molecule has 8 heteroatoms. The van der Waals surface area contributed by atoms with Crippen LogP contribution in [0.4, 0.5) is 10.2 Å². The summed E-state index contributed by atoms with van der Waals surface area (Å²) in [6, 6.07) is 7.80. The predicted octanol–water partition coefficient (Wildman–Crippen LogP) is 1.76. The maximum Gasteiger partial charge on any atom is 0.289 e. The first-order chi connectivity index (χ1) is 12.5. The Labute approximate surface area is 150 Å². The number of amides is 1. The molecule has 0 radical (unpaired) electrons. The van der Waals surface area contributed by atoms with Gasteiger partial charge >= 0.3 is 0 Å². The fraction of sp³-hybridized carbons (Fsp3) is 0.389. The van der Waals surface area contributed by atoms with Crippen molar-refractivity contribution in [3.63, 3.8) is 0 Å². The smallest absolute Gasteiger partial charge is 0.289 e. The Morgan fingerprint density at radius 2 is 1.58 bits per heavy atom. The minimum absolute atomic E-state index is 0.165. The van der Waals surface area contributed by atoms with Gasteiger partial charge in [0.15, 0.2) is 5.82 Å². The number of fused-ring (bicyclic) bond motifs is 1. The fourth-order valence-electron chi connectivity index (χ4n) is 3.21. The third-order valence-corrected chi connectivity index (χ3v) is 4.65. The number of aromatic nitrogens is 2. The molecule has 1 fully saturated rings. The number of guanidine groups is 1. The van der Waals surface area contributed by atoms with E-state index in [0.29, 0.717) is 32.1 Å². The van der Waals surface area contributed by atoms with E-state index in [-0.39, 0.29) is 5.71 Å². The van der Waals surface area contributed by atoms with E-state index in [9.17, 15) is 9.18 Å². The highest BCUT2D eigenvalue weighted by Gasteiger charge is 2.29. The molecule has 0 spiro atoms. The predicted molar refractivity (Wildman–Crippen MR) is 98.5 cm³/mol. The monoisotopic (exact) mass is 354 g/mol. The van der Waals surface area contributed by atoms with E-state index in [1.807, 2.05) is 36.1 Å². The molecule has 1 atom stereocenters. The molecule has 2 aromatic rings. The van der Waals surface area contributed by atoms with E-state index in [0.717, 1.165) is 22.5 Å². The van der Waals surface area contributed by atoms with Crippen LogP contribution in [-0.2, 0) is 4.79 Å². The van der Waals surface area contributed by atoms with Crippen LogP contribution in [0.3, 0.4) is 0 Å². The van der Waals surface area contributed by atoms with Crippen molar-refractivity contribution in [3.05, 3.63) is 30.0 Å². The van der Waals surface area contributed by atoms with Crippen LogP contribution in [0.5, 0.6) is 0 Å². The van der Waals surface area contributed by atoms with Crippen molar-refractivity contribution in [2.45, 2.75) is 20.0 Å². The van der Waals surface area contributed by atoms with Crippen LogP contribution in [-0.4, -0.2) is 64.8 Å². The van der Waals surface area contributed by atoms with Crippen molar-refractivity contribution in [2.75, 3.05) is 31.1 Å². The van der Waals surface area contributed by atoms with E-state index in [4.69, 9.17) is 4.98 Å². The van der Waals surface area contributed by atoms with Crippen LogP contribution in [0.15, 0.2) is 34.3 Å². The normalized spacial score (nSPS) is 21.0. The summed E-state index contributed by atoms with van der Waals surface area (Å²) in [6.45, 7) is 6.15. The quantitative estimate of drug-likeness (QED) is 0.780. The lowest BCUT2D eigenvalue weighted by molar-refractivity contribution is -0.120. The molecule has 4 rings (SSSR count). The highest BCUT2D eigenvalue weighted by Crippen LogP contribution is 2.21. The lowest BCUT2D eigenvalue weighted by Gasteiger charge is -2.36. The molecule has 0 N–H and O–H groups in total. The Hall–Kier alpha value is -2.90. The van der Waals surface area contributed by atoms with Crippen molar-refractivity contribution in [1.82, 2.24) is 14.9 Å². The topological polar surface area (TPSA) is 74.1 Å². The average molecular weight is 354 g/mol. The summed E-state index contributed by atoms with van der Waals surface area (Å²) < 4.78 is 13.5. The molecule has 3 heterocycles. The molecule has 1 amide bonds. The summed E-state index contributed by atoms with van der Waals surface area (Å²) in [6.07, 6.45) is -1.71. The Balaban J connectivity index is 1.52. The summed E-state index contributed by atoms with van der Waals surface area (Å²) in [5, 5.41) is 0. The molecule has 2 aliphatic rings. The summed E-state index contributed by atoms with van der Waals surface area (Å²) in [5.41, 5.74) is 2.80. The van der Waals surface area contributed by atoms with Gasteiger partial charge in [0.05, 0.1) is 22.4 Å². The van der Waals surface area contributed by atoms with Gasteiger partial charge in [0.2, 0.25) is 12.1 Å². The van der Waals surface area contributed by atoms with Crippen LogP contribution in [0.2, 0.25) is 0 Å². The minimum Gasteiger partial charge on any atom is -0.352 e. The number of hydrogen-bond donors (Lipinski definition) is 0. The van der Waals surface area contributed by atoms with Crippen molar-refractivity contribution in [1.29, 1.82) is 0 Å². The van der Waals surface area contributed by atoms with Gasteiger partial charge < -0.3 is 9.80 Å². The van der Waals surface area contributed by atoms with E-state index in [1.165, 1.54) is 6.92 Å². The Kier molecular flexibility index (Phi) is 4.10. The minimum atomic E-state index is -1.71. The van der Waals surface area contributed by atoms with Gasteiger partial charge in [0.1, 0.15) is 0 Å². The van der Waals surface area contributed by atoms with Gasteiger partial charge in [0, 0.05) is 26.2 Å². The zero-order chi connectivity index (χ0) is 18.3. The first-order valence-corrected chi connectivity index (χ1v) is 8.58. The number of carbonyl (C=O) groups is 1. The molecule has 26 heavy (non-hydrogen) atoms. The largest absolute Gasteiger partial charge is 0.352 e. The molecule has 0 saturated carbocycles. The average Bonchev–Trinajstić information content (AvgIpc) is 2.65. The van der Waals surface area contributed by atoms with Crippen molar-refractivity contribution >= 4 is 34.4 Å². The molecule has 1 aromatic heterocycles. The number of piperazine rings is 1. The van der Waals surface area contributed by atoms with Gasteiger partial charge in [-0.15, -0.1) is 0 Å². The van der Waals surface area contributed by atoms with Gasteiger partial charge in [-0.2, -0.15) is 4.99 Å². The van der Waals surface area contributed by atoms with Crippen LogP contribution in [0.25, 0.3) is 11.0 Å². The van der Waals surface area contributed by atoms with E-state index in [1.54, 1.807) is 0 Å². The molecule has 7 nitrogen and oxygen atoms in total. The maximum atomic E-state index is 13.5. The third kappa shape index (κ3) is 2.91. The number of anilines is 1. The lowest BCUT2D eigenvalue weighted by atomic mass is 10.2. The SMILES string of the molecule is CC1=NC(N2CCN(c3nc4ccccc4nc3C)CC2)=NC(=O)C1F. The number of halogens is 1. The van der Waals surface area contributed by atoms with Crippen molar-refractivity contribution < 1.29 is 9.18 Å². The van der Waals surface area contributed by atoms with E-state index < -0.39 is 12.1 Å². The van der Waals surface area contributed by atoms with Crippen molar-refractivity contribution in [2.24, 2.45) is 9.98 Å². The molecule has 2 aliphatic heterocycles. The Morgan fingerprint density at radius 1 is 0.962 bits per heavy atom. The van der Waals surface area contributed by atoms with Gasteiger partial charge in [-0.25, -0.2) is 19.4 Å². The van der Waals surface area contributed by atoms with E-state index >= 15 is 0 Å². The summed E-state index contributed by atoms with van der Waals surface area (Å²) >= 11 is 0. The number of aryl methyl sites for hydroxylation is 1. The standard InChI is InChI=1S/C18H19FN6O/c1-11-15(19)17(26)23-18(21-11)25-9-7-24(8-10-25)16-12(2)20-13-5-3-4-6-14(13)22-16/h3-6,15H,7-10H2,1-2H3. The number of nitrogens with zero attached hydrogens (tertiary/aromatic N) is 6. The number of carbonyl (C=O) groups excluding carboxylic acids is 1. The van der Waals surface area contributed by atoms with Gasteiger partial charge in [0.25, 0.3) is 5.91 Å². The van der Waals surface area contributed by atoms with Crippen molar-refractivity contribution in [3.8, 4) is 0 Å². The second-order valence-corrected chi connectivity index (χ2v) is 6.46. The van der Waals surface area contributed by atoms with Gasteiger partial charge in [-0.05, 0) is 26.0 Å². The Morgan fingerprint density at radius 3 is 2.23 bits per heavy atom. The first kappa shape index (κ1) is 16.6. The van der Waals surface area contributed by atoms with Crippen LogP contribution < -0.4 is 4.90 Å². The number of rotatable bonds is 1. The molecular formula is C18H19FN6O. The second kappa shape index (κ2) is 6.44. The fourth-order valence-corrected chi connectivity index (χ4v) is 3.21. The number of hydrogen-bond acceptors (Lipinski definition) is 6. The van der Waals surface area contributed by atoms with E-state index in [2.05, 4.69) is 19.9 Å². The number of alkyl halides is 1. The third-order valence-electron chi connectivity index (χ3n) is 4.65. The second-order valence-electron chi connectivity index (χ2n) is 6.46.